The molecule has 0 spiro atoms. The molecule has 0 bridgehead atoms. The zero-order chi connectivity index (χ0) is 21.4. The number of carboxylic acids is 1. The summed E-state index contributed by atoms with van der Waals surface area (Å²) >= 11 is 12.0. The minimum absolute atomic E-state index is 0.0150. The Hall–Kier alpha value is -2.57. The second kappa shape index (κ2) is 10.8. The quantitative estimate of drug-likeness (QED) is 0.457. The highest BCUT2D eigenvalue weighted by molar-refractivity contribution is 6.31. The fourth-order valence-electron chi connectivity index (χ4n) is 2.27. The Morgan fingerprint density at radius 1 is 1.17 bits per heavy atom. The molecule has 0 fully saturated rings. The Morgan fingerprint density at radius 2 is 1.86 bits per heavy atom. The van der Waals surface area contributed by atoms with Gasteiger partial charge >= 0.3 is 5.97 Å². The Balaban J connectivity index is 1.96. The molecule has 2 N–H and O–H groups in total. The third-order valence-electron chi connectivity index (χ3n) is 3.91. The number of halogens is 4. The lowest BCUT2D eigenvalue weighted by molar-refractivity contribution is -0.136. The molecule has 0 saturated heterocycles. The van der Waals surface area contributed by atoms with Crippen LogP contribution in [0.15, 0.2) is 59.3 Å². The van der Waals surface area contributed by atoms with E-state index in [2.05, 4.69) is 5.32 Å². The Kier molecular flexibility index (Phi) is 8.49. The molecule has 154 valence electrons. The van der Waals surface area contributed by atoms with E-state index in [4.69, 9.17) is 33.0 Å². The van der Waals surface area contributed by atoms with Crippen molar-refractivity contribution in [1.29, 1.82) is 0 Å². The van der Waals surface area contributed by atoms with Gasteiger partial charge in [0.05, 0.1) is 0 Å². The van der Waals surface area contributed by atoms with Crippen molar-refractivity contribution in [3.05, 3.63) is 81.5 Å². The first-order chi connectivity index (χ1) is 13.8. The normalized spacial score (nSPS) is 12.0. The molecule has 2 aromatic carbocycles. The molecule has 0 amide bonds. The summed E-state index contributed by atoms with van der Waals surface area (Å²) in [6.07, 6.45) is 2.85. The van der Waals surface area contributed by atoms with Crippen molar-refractivity contribution in [1.82, 2.24) is 0 Å². The molecule has 0 aliphatic rings. The van der Waals surface area contributed by atoms with Crippen LogP contribution in [0.5, 0.6) is 5.75 Å². The second-order valence-corrected chi connectivity index (χ2v) is 6.99. The summed E-state index contributed by atoms with van der Waals surface area (Å²) in [5.41, 5.74) is 1.42. The first-order valence-corrected chi connectivity index (χ1v) is 9.39. The average Bonchev–Trinajstić information content (AvgIpc) is 2.69. The zero-order valence-electron chi connectivity index (χ0n) is 15.5. The Bertz CT molecular complexity index is 928. The molecular formula is C21H19Cl2F2NO3. The van der Waals surface area contributed by atoms with Crippen LogP contribution in [0.4, 0.5) is 14.5 Å². The van der Waals surface area contributed by atoms with Crippen molar-refractivity contribution in [3.8, 4) is 5.75 Å². The highest BCUT2D eigenvalue weighted by atomic mass is 35.5. The lowest BCUT2D eigenvalue weighted by Gasteiger charge is -2.11. The number of carboxylic acid groups (broad SMARTS) is 1. The number of hydrogen-bond donors (Lipinski definition) is 2. The van der Waals surface area contributed by atoms with Crippen LogP contribution in [0, 0.1) is 11.6 Å². The third kappa shape index (κ3) is 7.07. The molecule has 29 heavy (non-hydrogen) atoms. The molecule has 2 rings (SSSR count). The number of rotatable bonds is 9. The maximum absolute atomic E-state index is 14.1. The fourth-order valence-corrected chi connectivity index (χ4v) is 2.52. The van der Waals surface area contributed by atoms with Gasteiger partial charge in [0.1, 0.15) is 6.61 Å². The van der Waals surface area contributed by atoms with E-state index < -0.39 is 17.6 Å². The molecule has 8 heteroatoms. The number of hydrogen-bond acceptors (Lipinski definition) is 3. The van der Waals surface area contributed by atoms with Gasteiger partial charge in [-0.3, -0.25) is 4.79 Å². The van der Waals surface area contributed by atoms with Gasteiger partial charge in [-0.2, -0.15) is 4.39 Å². The third-order valence-corrected chi connectivity index (χ3v) is 4.61. The lowest BCUT2D eigenvalue weighted by atomic mass is 10.1. The number of anilines is 1. The lowest BCUT2D eigenvalue weighted by Crippen LogP contribution is -2.05. The van der Waals surface area contributed by atoms with E-state index in [9.17, 15) is 13.6 Å². The first kappa shape index (κ1) is 22.7. The van der Waals surface area contributed by atoms with Crippen molar-refractivity contribution in [2.75, 3.05) is 11.9 Å². The van der Waals surface area contributed by atoms with Crippen LogP contribution in [0.1, 0.15) is 18.9 Å². The summed E-state index contributed by atoms with van der Waals surface area (Å²) in [7, 11) is 0. The summed E-state index contributed by atoms with van der Waals surface area (Å²) in [6, 6.07) is 9.68. The topological polar surface area (TPSA) is 58.6 Å². The Morgan fingerprint density at radius 3 is 2.52 bits per heavy atom. The van der Waals surface area contributed by atoms with E-state index in [1.54, 1.807) is 43.5 Å². The molecule has 0 aromatic heterocycles. The maximum atomic E-state index is 14.1. The van der Waals surface area contributed by atoms with Crippen molar-refractivity contribution in [2.24, 2.45) is 0 Å². The molecule has 0 unspecified atom stereocenters. The van der Waals surface area contributed by atoms with E-state index in [1.807, 2.05) is 0 Å². The number of carbonyl (C=O) groups is 1. The number of ether oxygens (including phenoxy) is 1. The van der Waals surface area contributed by atoms with E-state index in [0.29, 0.717) is 15.6 Å². The molecule has 4 nitrogen and oxygen atoms in total. The monoisotopic (exact) mass is 441 g/mol. The van der Waals surface area contributed by atoms with Gasteiger partial charge in [-0.1, -0.05) is 29.3 Å². The highest BCUT2D eigenvalue weighted by Gasteiger charge is 2.15. The number of benzene rings is 2. The first-order valence-electron chi connectivity index (χ1n) is 8.63. The molecule has 0 aliphatic heterocycles. The van der Waals surface area contributed by atoms with Gasteiger partial charge in [0, 0.05) is 28.4 Å². The van der Waals surface area contributed by atoms with Crippen LogP contribution in [-0.2, 0) is 11.2 Å². The summed E-state index contributed by atoms with van der Waals surface area (Å²) in [5, 5.41) is 12.7. The second-order valence-electron chi connectivity index (χ2n) is 6.15. The molecule has 0 atom stereocenters. The van der Waals surface area contributed by atoms with Gasteiger partial charge in [-0.15, -0.1) is 0 Å². The van der Waals surface area contributed by atoms with Gasteiger partial charge in [0.25, 0.3) is 0 Å². The highest BCUT2D eigenvalue weighted by Crippen LogP contribution is 2.25. The van der Waals surface area contributed by atoms with Gasteiger partial charge in [-0.25, -0.2) is 4.39 Å². The molecule has 2 aromatic rings. The summed E-state index contributed by atoms with van der Waals surface area (Å²) in [5.74, 6) is -3.62. The van der Waals surface area contributed by atoms with Crippen LogP contribution in [0.2, 0.25) is 5.02 Å². The van der Waals surface area contributed by atoms with Crippen molar-refractivity contribution in [3.63, 3.8) is 0 Å². The Labute approximate surface area is 177 Å². The van der Waals surface area contributed by atoms with E-state index in [0.717, 1.165) is 5.69 Å². The van der Waals surface area contributed by atoms with Crippen LogP contribution in [0.3, 0.4) is 0 Å². The zero-order valence-corrected chi connectivity index (χ0v) is 17.0. The standard InChI is InChI=1S/C21H19Cl2F2NO3/c1-13(17(23)10-11-26-16-6-4-15(22)5-7-16)12-29-18-8-2-14(3-9-19(27)28)20(24)21(18)25/h2,4-8,10-11,26H,3,9,12H2,1H3,(H,27,28)/b11-10-,17-13-. The number of aryl methyl sites for hydroxylation is 1. The van der Waals surface area contributed by atoms with Crippen LogP contribution >= 0.6 is 23.2 Å². The number of nitrogens with one attached hydrogen (secondary N) is 1. The molecule has 0 saturated carbocycles. The largest absolute Gasteiger partial charge is 0.486 e. The molecular weight excluding hydrogens is 423 g/mol. The van der Waals surface area contributed by atoms with Gasteiger partial charge in [0.15, 0.2) is 11.6 Å². The van der Waals surface area contributed by atoms with Crippen molar-refractivity contribution in [2.45, 2.75) is 19.8 Å². The molecule has 0 radical (unpaired) electrons. The summed E-state index contributed by atoms with van der Waals surface area (Å²) in [4.78, 5) is 10.6. The number of aliphatic carboxylic acids is 1. The summed E-state index contributed by atoms with van der Waals surface area (Å²) < 4.78 is 33.5. The van der Waals surface area contributed by atoms with Crippen LogP contribution in [0.25, 0.3) is 0 Å². The summed E-state index contributed by atoms with van der Waals surface area (Å²) in [6.45, 7) is 1.65. The SMILES string of the molecule is C/C(COc1ccc(CCC(=O)O)c(F)c1F)=C(Cl)\C=C/Nc1ccc(Cl)cc1. The van der Waals surface area contributed by atoms with E-state index >= 15 is 0 Å². The van der Waals surface area contributed by atoms with Crippen molar-refractivity contribution >= 4 is 34.9 Å². The van der Waals surface area contributed by atoms with E-state index in [-0.39, 0.29) is 30.8 Å². The van der Waals surface area contributed by atoms with Crippen molar-refractivity contribution < 1.29 is 23.4 Å². The van der Waals surface area contributed by atoms with Crippen LogP contribution in [-0.4, -0.2) is 17.7 Å². The molecule has 0 aliphatic carbocycles. The van der Waals surface area contributed by atoms with Gasteiger partial charge < -0.3 is 15.2 Å². The smallest absolute Gasteiger partial charge is 0.303 e. The number of allylic oxidation sites excluding steroid dienone is 2. The predicted octanol–water partition coefficient (Wildman–Crippen LogP) is 6.15. The predicted molar refractivity (Wildman–Crippen MR) is 111 cm³/mol. The van der Waals surface area contributed by atoms with Gasteiger partial charge in [-0.05, 0) is 60.9 Å². The fraction of sp³-hybridized carbons (Fsp3) is 0.190. The average molecular weight is 442 g/mol. The minimum Gasteiger partial charge on any atom is -0.486 e. The minimum atomic E-state index is -1.16. The maximum Gasteiger partial charge on any atom is 0.303 e. The van der Waals surface area contributed by atoms with Gasteiger partial charge in [0.2, 0.25) is 5.82 Å². The van der Waals surface area contributed by atoms with E-state index in [1.165, 1.54) is 12.1 Å². The molecule has 0 heterocycles. The van der Waals surface area contributed by atoms with Crippen LogP contribution < -0.4 is 10.1 Å².